The summed E-state index contributed by atoms with van der Waals surface area (Å²) in [5, 5.41) is 2.67. The van der Waals surface area contributed by atoms with Crippen LogP contribution >= 0.6 is 0 Å². The average molecular weight is 368 g/mol. The molecule has 0 saturated carbocycles. The highest BCUT2D eigenvalue weighted by molar-refractivity contribution is 6.09. The van der Waals surface area contributed by atoms with Gasteiger partial charge in [-0.05, 0) is 43.2 Å². The number of methoxy groups -OCH3 is 1. The topological polar surface area (TPSA) is 67.9 Å². The van der Waals surface area contributed by atoms with Crippen LogP contribution in [0, 0.1) is 6.92 Å². The molecular weight excluding hydrogens is 344 g/mol. The van der Waals surface area contributed by atoms with Gasteiger partial charge in [0.25, 0.3) is 5.91 Å². The smallest absolute Gasteiger partial charge is 0.253 e. The number of hydrogen-bond acceptors (Lipinski definition) is 4. The first-order valence-electron chi connectivity index (χ1n) is 9.02. The molecule has 0 bridgehead atoms. The number of hydrogen-bond donors (Lipinski definition) is 1. The number of nitrogens with zero attached hydrogens (tertiary/aromatic N) is 1. The third kappa shape index (κ3) is 4.05. The van der Waals surface area contributed by atoms with Crippen molar-refractivity contribution in [1.82, 2.24) is 5.32 Å². The van der Waals surface area contributed by atoms with Gasteiger partial charge in [-0.3, -0.25) is 9.59 Å². The van der Waals surface area contributed by atoms with Crippen molar-refractivity contribution >= 4 is 17.5 Å². The van der Waals surface area contributed by atoms with Crippen molar-refractivity contribution in [3.63, 3.8) is 0 Å². The maximum Gasteiger partial charge on any atom is 0.253 e. The number of nitrogens with one attached hydrogen (secondary N) is 1. The van der Waals surface area contributed by atoms with E-state index in [0.717, 1.165) is 17.5 Å². The predicted molar refractivity (Wildman–Crippen MR) is 103 cm³/mol. The summed E-state index contributed by atoms with van der Waals surface area (Å²) >= 11 is 0. The molecule has 2 amide bonds. The molecule has 0 radical (unpaired) electrons. The minimum atomic E-state index is -0.231. The van der Waals surface area contributed by atoms with Crippen LogP contribution in [0.15, 0.2) is 36.4 Å². The van der Waals surface area contributed by atoms with Crippen molar-refractivity contribution in [3.05, 3.63) is 53.1 Å². The van der Waals surface area contributed by atoms with Crippen LogP contribution in [0.2, 0.25) is 0 Å². The van der Waals surface area contributed by atoms with Gasteiger partial charge in [-0.1, -0.05) is 24.6 Å². The number of carbonyl (C=O) groups excluding carboxylic acids is 2. The third-order valence-corrected chi connectivity index (χ3v) is 4.42. The van der Waals surface area contributed by atoms with E-state index in [0.29, 0.717) is 35.9 Å². The zero-order valence-corrected chi connectivity index (χ0v) is 15.9. The monoisotopic (exact) mass is 368 g/mol. The van der Waals surface area contributed by atoms with Gasteiger partial charge in [-0.15, -0.1) is 0 Å². The molecular formula is C21H24N2O4. The van der Waals surface area contributed by atoms with Gasteiger partial charge in [-0.25, -0.2) is 0 Å². The molecule has 3 rings (SSSR count). The molecule has 0 atom stereocenters. The average Bonchev–Trinajstić information content (AvgIpc) is 2.78. The molecule has 1 aliphatic rings. The van der Waals surface area contributed by atoms with Crippen LogP contribution < -0.4 is 19.7 Å². The fourth-order valence-corrected chi connectivity index (χ4v) is 3.05. The fourth-order valence-electron chi connectivity index (χ4n) is 3.05. The lowest BCUT2D eigenvalue weighted by Gasteiger charge is -2.23. The second-order valence-corrected chi connectivity index (χ2v) is 6.52. The molecule has 2 aromatic rings. The van der Waals surface area contributed by atoms with E-state index < -0.39 is 0 Å². The van der Waals surface area contributed by atoms with Crippen molar-refractivity contribution in [3.8, 4) is 11.5 Å². The zero-order chi connectivity index (χ0) is 19.4. The number of carbonyl (C=O) groups is 2. The normalized spacial score (nSPS) is 13.7. The Labute approximate surface area is 159 Å². The van der Waals surface area contributed by atoms with Crippen molar-refractivity contribution < 1.29 is 19.1 Å². The number of benzene rings is 2. The van der Waals surface area contributed by atoms with Gasteiger partial charge in [0.15, 0.2) is 11.5 Å². The summed E-state index contributed by atoms with van der Waals surface area (Å²) in [6.45, 7) is 4.89. The van der Waals surface area contributed by atoms with Crippen LogP contribution in [0.1, 0.15) is 34.8 Å². The molecule has 2 aromatic carbocycles. The lowest BCUT2D eigenvalue weighted by atomic mass is 10.1. The Kier molecular flexibility index (Phi) is 5.64. The summed E-state index contributed by atoms with van der Waals surface area (Å²) in [4.78, 5) is 26.6. The van der Waals surface area contributed by atoms with E-state index in [2.05, 4.69) is 5.32 Å². The minimum Gasteiger partial charge on any atom is -0.493 e. The second kappa shape index (κ2) is 8.12. The number of fused-ring (bicyclic) bond motifs is 1. The molecule has 1 heterocycles. The Balaban J connectivity index is 1.93. The SMILES string of the molecule is CCCOc1ccc(CN2C(=O)CNC(=O)c3cc(C)ccc32)cc1OC. The number of rotatable bonds is 6. The Hall–Kier alpha value is -3.02. The Morgan fingerprint density at radius 1 is 1.11 bits per heavy atom. The number of aryl methyl sites for hydroxylation is 1. The highest BCUT2D eigenvalue weighted by atomic mass is 16.5. The van der Waals surface area contributed by atoms with Crippen molar-refractivity contribution in [1.29, 1.82) is 0 Å². The Morgan fingerprint density at radius 3 is 2.67 bits per heavy atom. The van der Waals surface area contributed by atoms with Crippen molar-refractivity contribution in [2.45, 2.75) is 26.8 Å². The van der Waals surface area contributed by atoms with Gasteiger partial charge in [-0.2, -0.15) is 0 Å². The third-order valence-electron chi connectivity index (χ3n) is 4.42. The largest absolute Gasteiger partial charge is 0.493 e. The standard InChI is InChI=1S/C21H24N2O4/c1-4-9-27-18-8-6-15(11-19(18)26-3)13-23-17-7-5-14(2)10-16(17)21(25)22-12-20(23)24/h5-8,10-11H,4,9,12-13H2,1-3H3,(H,22,25). The van der Waals surface area contributed by atoms with E-state index in [9.17, 15) is 9.59 Å². The zero-order valence-electron chi connectivity index (χ0n) is 15.9. The molecule has 1 N–H and O–H groups in total. The highest BCUT2D eigenvalue weighted by Gasteiger charge is 2.26. The van der Waals surface area contributed by atoms with E-state index in [1.54, 1.807) is 18.1 Å². The molecule has 0 aliphatic carbocycles. The fraction of sp³-hybridized carbons (Fsp3) is 0.333. The van der Waals surface area contributed by atoms with Crippen molar-refractivity contribution in [2.75, 3.05) is 25.2 Å². The molecule has 6 nitrogen and oxygen atoms in total. The van der Waals surface area contributed by atoms with Gasteiger partial charge in [0.2, 0.25) is 5.91 Å². The van der Waals surface area contributed by atoms with Crippen molar-refractivity contribution in [2.24, 2.45) is 0 Å². The number of amides is 2. The van der Waals surface area contributed by atoms with Crippen LogP contribution in [0.5, 0.6) is 11.5 Å². The summed E-state index contributed by atoms with van der Waals surface area (Å²) in [6, 6.07) is 11.2. The first kappa shape index (κ1) is 18.8. The molecule has 0 fully saturated rings. The summed E-state index contributed by atoms with van der Waals surface area (Å²) in [5.74, 6) is 0.918. The molecule has 6 heteroatoms. The van der Waals surface area contributed by atoms with Crippen LogP contribution in [-0.2, 0) is 11.3 Å². The summed E-state index contributed by atoms with van der Waals surface area (Å²) in [6.07, 6.45) is 0.907. The van der Waals surface area contributed by atoms with E-state index in [-0.39, 0.29) is 18.4 Å². The molecule has 0 unspecified atom stereocenters. The summed E-state index contributed by atoms with van der Waals surface area (Å²) < 4.78 is 11.1. The Bertz CT molecular complexity index is 863. The first-order valence-corrected chi connectivity index (χ1v) is 9.02. The number of anilines is 1. The first-order chi connectivity index (χ1) is 13.0. The molecule has 0 spiro atoms. The predicted octanol–water partition coefficient (Wildman–Crippen LogP) is 3.07. The summed E-state index contributed by atoms with van der Waals surface area (Å²) in [7, 11) is 1.59. The lowest BCUT2D eigenvalue weighted by molar-refractivity contribution is -0.117. The van der Waals surface area contributed by atoms with E-state index in [1.165, 1.54) is 0 Å². The highest BCUT2D eigenvalue weighted by Crippen LogP contribution is 2.31. The summed E-state index contributed by atoms with van der Waals surface area (Å²) in [5.41, 5.74) is 2.99. The Morgan fingerprint density at radius 2 is 1.93 bits per heavy atom. The van der Waals surface area contributed by atoms with Gasteiger partial charge in [0.1, 0.15) is 0 Å². The molecule has 142 valence electrons. The van der Waals surface area contributed by atoms with Crippen LogP contribution in [0.25, 0.3) is 0 Å². The van der Waals surface area contributed by atoms with Gasteiger partial charge in [0.05, 0.1) is 38.1 Å². The van der Waals surface area contributed by atoms with Crippen LogP contribution in [0.4, 0.5) is 5.69 Å². The van der Waals surface area contributed by atoms with Gasteiger partial charge < -0.3 is 19.7 Å². The van der Waals surface area contributed by atoms with Gasteiger partial charge in [0, 0.05) is 0 Å². The lowest BCUT2D eigenvalue weighted by Crippen LogP contribution is -2.36. The van der Waals surface area contributed by atoms with E-state index >= 15 is 0 Å². The maximum atomic E-state index is 12.6. The quantitative estimate of drug-likeness (QED) is 0.851. The molecule has 27 heavy (non-hydrogen) atoms. The molecule has 0 saturated heterocycles. The van der Waals surface area contributed by atoms with E-state index in [4.69, 9.17) is 9.47 Å². The minimum absolute atomic E-state index is 0.0264. The molecule has 1 aliphatic heterocycles. The van der Waals surface area contributed by atoms with Crippen LogP contribution in [-0.4, -0.2) is 32.1 Å². The van der Waals surface area contributed by atoms with Crippen LogP contribution in [0.3, 0.4) is 0 Å². The molecule has 0 aromatic heterocycles. The second-order valence-electron chi connectivity index (χ2n) is 6.52. The maximum absolute atomic E-state index is 12.6. The van der Waals surface area contributed by atoms with Gasteiger partial charge >= 0.3 is 0 Å². The van der Waals surface area contributed by atoms with E-state index in [1.807, 2.05) is 44.2 Å². The number of ether oxygens (including phenoxy) is 2.